The summed E-state index contributed by atoms with van der Waals surface area (Å²) in [6.45, 7) is 2.31. The van der Waals surface area contributed by atoms with Crippen LogP contribution in [0.25, 0.3) is 0 Å². The quantitative estimate of drug-likeness (QED) is 0.835. The van der Waals surface area contributed by atoms with Crippen LogP contribution in [-0.4, -0.2) is 6.04 Å². The third-order valence-corrected chi connectivity index (χ3v) is 3.68. The minimum atomic E-state index is -0.504. The summed E-state index contributed by atoms with van der Waals surface area (Å²) in [6.07, 6.45) is 2.44. The predicted octanol–water partition coefficient (Wildman–Crippen LogP) is 3.62. The second-order valence-corrected chi connectivity index (χ2v) is 5.18. The summed E-state index contributed by atoms with van der Waals surface area (Å²) in [5.41, 5.74) is 0.113. The Bertz CT molecular complexity index is 391. The Hall–Kier alpha value is -0.480. The Morgan fingerprint density at radius 2 is 2.12 bits per heavy atom. The van der Waals surface area contributed by atoms with Gasteiger partial charge in [0, 0.05) is 18.2 Å². The second kappa shape index (κ2) is 4.80. The molecular weight excluding hydrogens is 276 g/mol. The number of nitrogens with one attached hydrogen (secondary N) is 1. The highest BCUT2D eigenvalue weighted by molar-refractivity contribution is 9.10. The molecule has 0 aromatic heterocycles. The SMILES string of the molecule is CC(NCc1c(F)ccc(Br)c1F)C1CC1. The number of rotatable bonds is 4. The molecule has 1 atom stereocenters. The highest BCUT2D eigenvalue weighted by atomic mass is 79.9. The standard InChI is InChI=1S/C12H14BrF2N/c1-7(8-2-3-8)16-6-9-11(14)5-4-10(13)12(9)15/h4-5,7-8,16H,2-3,6H2,1H3. The van der Waals surface area contributed by atoms with Crippen molar-refractivity contribution in [2.75, 3.05) is 0 Å². The Balaban J connectivity index is 2.05. The van der Waals surface area contributed by atoms with Crippen LogP contribution in [0.4, 0.5) is 8.78 Å². The zero-order valence-electron chi connectivity index (χ0n) is 9.06. The molecule has 0 aliphatic heterocycles. The maximum atomic E-state index is 13.6. The van der Waals surface area contributed by atoms with Gasteiger partial charge in [-0.25, -0.2) is 8.78 Å². The van der Waals surface area contributed by atoms with E-state index in [2.05, 4.69) is 28.2 Å². The van der Waals surface area contributed by atoms with Crippen LogP contribution >= 0.6 is 15.9 Å². The van der Waals surface area contributed by atoms with Gasteiger partial charge in [-0.15, -0.1) is 0 Å². The lowest BCUT2D eigenvalue weighted by Crippen LogP contribution is -2.28. The van der Waals surface area contributed by atoms with Gasteiger partial charge in [0.1, 0.15) is 11.6 Å². The lowest BCUT2D eigenvalue weighted by molar-refractivity contribution is 0.468. The van der Waals surface area contributed by atoms with Gasteiger partial charge >= 0.3 is 0 Å². The van der Waals surface area contributed by atoms with E-state index in [1.165, 1.54) is 25.0 Å². The van der Waals surface area contributed by atoms with Crippen molar-refractivity contribution in [1.82, 2.24) is 5.32 Å². The zero-order valence-corrected chi connectivity index (χ0v) is 10.7. The van der Waals surface area contributed by atoms with Crippen molar-refractivity contribution in [2.45, 2.75) is 32.4 Å². The van der Waals surface area contributed by atoms with Gasteiger partial charge in [-0.3, -0.25) is 0 Å². The summed E-state index contributed by atoms with van der Waals surface area (Å²) < 4.78 is 27.3. The van der Waals surface area contributed by atoms with Gasteiger partial charge in [-0.1, -0.05) is 0 Å². The van der Waals surface area contributed by atoms with Crippen LogP contribution in [0.1, 0.15) is 25.3 Å². The molecule has 1 saturated carbocycles. The van der Waals surface area contributed by atoms with E-state index in [1.807, 2.05) is 0 Å². The fourth-order valence-corrected chi connectivity index (χ4v) is 2.13. The lowest BCUT2D eigenvalue weighted by Gasteiger charge is -2.14. The highest BCUT2D eigenvalue weighted by Crippen LogP contribution is 2.32. The lowest BCUT2D eigenvalue weighted by atomic mass is 10.1. The molecule has 0 saturated heterocycles. The molecule has 1 unspecified atom stereocenters. The first-order chi connectivity index (χ1) is 7.59. The molecule has 0 bridgehead atoms. The molecular formula is C12H14BrF2N. The van der Waals surface area contributed by atoms with Gasteiger partial charge in [0.05, 0.1) is 4.47 Å². The summed E-state index contributed by atoms with van der Waals surface area (Å²) in [6, 6.07) is 3.00. The van der Waals surface area contributed by atoms with Crippen LogP contribution in [0.2, 0.25) is 0 Å². The maximum Gasteiger partial charge on any atom is 0.144 e. The molecule has 0 spiro atoms. The minimum absolute atomic E-state index is 0.113. The van der Waals surface area contributed by atoms with Crippen LogP contribution in [0.15, 0.2) is 16.6 Å². The molecule has 1 aromatic carbocycles. The maximum absolute atomic E-state index is 13.6. The molecule has 4 heteroatoms. The second-order valence-electron chi connectivity index (χ2n) is 4.33. The summed E-state index contributed by atoms with van der Waals surface area (Å²) in [5, 5.41) is 3.17. The topological polar surface area (TPSA) is 12.0 Å². The molecule has 0 amide bonds. The molecule has 1 aromatic rings. The normalized spacial score (nSPS) is 17.5. The molecule has 0 heterocycles. The third kappa shape index (κ3) is 2.61. The Morgan fingerprint density at radius 1 is 1.44 bits per heavy atom. The van der Waals surface area contributed by atoms with E-state index in [0.717, 1.165) is 0 Å². The number of benzene rings is 1. The van der Waals surface area contributed by atoms with Crippen molar-refractivity contribution in [1.29, 1.82) is 0 Å². The molecule has 1 fully saturated rings. The summed E-state index contributed by atoms with van der Waals surface area (Å²) >= 11 is 3.06. The zero-order chi connectivity index (χ0) is 11.7. The van der Waals surface area contributed by atoms with E-state index in [9.17, 15) is 8.78 Å². The van der Waals surface area contributed by atoms with Crippen molar-refractivity contribution in [3.8, 4) is 0 Å². The Morgan fingerprint density at radius 3 is 2.75 bits per heavy atom. The van der Waals surface area contributed by atoms with Gasteiger partial charge in [0.15, 0.2) is 0 Å². The van der Waals surface area contributed by atoms with Crippen LogP contribution in [0.5, 0.6) is 0 Å². The first kappa shape index (κ1) is 12.0. The van der Waals surface area contributed by atoms with Crippen molar-refractivity contribution < 1.29 is 8.78 Å². The van der Waals surface area contributed by atoms with Gasteiger partial charge in [0.25, 0.3) is 0 Å². The average molecular weight is 290 g/mol. The fourth-order valence-electron chi connectivity index (χ4n) is 1.76. The molecule has 1 N–H and O–H groups in total. The van der Waals surface area contributed by atoms with Crippen LogP contribution in [0, 0.1) is 17.6 Å². The van der Waals surface area contributed by atoms with E-state index in [-0.39, 0.29) is 12.1 Å². The minimum Gasteiger partial charge on any atom is -0.310 e. The largest absolute Gasteiger partial charge is 0.310 e. The van der Waals surface area contributed by atoms with Gasteiger partial charge < -0.3 is 5.32 Å². The molecule has 0 radical (unpaired) electrons. The van der Waals surface area contributed by atoms with Crippen LogP contribution < -0.4 is 5.32 Å². The van der Waals surface area contributed by atoms with E-state index in [4.69, 9.17) is 0 Å². The van der Waals surface area contributed by atoms with Gasteiger partial charge in [-0.2, -0.15) is 0 Å². The van der Waals surface area contributed by atoms with Crippen molar-refractivity contribution in [2.24, 2.45) is 5.92 Å². The van der Waals surface area contributed by atoms with Crippen molar-refractivity contribution >= 4 is 15.9 Å². The van der Waals surface area contributed by atoms with E-state index >= 15 is 0 Å². The Labute approximate surface area is 102 Å². The average Bonchev–Trinajstić information content (AvgIpc) is 3.07. The van der Waals surface area contributed by atoms with Crippen LogP contribution in [0.3, 0.4) is 0 Å². The van der Waals surface area contributed by atoms with E-state index in [0.29, 0.717) is 16.4 Å². The summed E-state index contributed by atoms with van der Waals surface area (Å²) in [4.78, 5) is 0. The van der Waals surface area contributed by atoms with Crippen molar-refractivity contribution in [3.63, 3.8) is 0 Å². The molecule has 1 aliphatic rings. The predicted molar refractivity (Wildman–Crippen MR) is 63.1 cm³/mol. The molecule has 1 nitrogen and oxygen atoms in total. The molecule has 2 rings (SSSR count). The summed E-state index contributed by atoms with van der Waals surface area (Å²) in [5.74, 6) is -0.315. The Kier molecular flexibility index (Phi) is 3.60. The van der Waals surface area contributed by atoms with Gasteiger partial charge in [0.2, 0.25) is 0 Å². The van der Waals surface area contributed by atoms with Crippen LogP contribution in [-0.2, 0) is 6.54 Å². The van der Waals surface area contributed by atoms with E-state index < -0.39 is 11.6 Å². The molecule has 16 heavy (non-hydrogen) atoms. The molecule has 1 aliphatic carbocycles. The van der Waals surface area contributed by atoms with Crippen molar-refractivity contribution in [3.05, 3.63) is 33.8 Å². The number of hydrogen-bond acceptors (Lipinski definition) is 1. The summed E-state index contributed by atoms with van der Waals surface area (Å²) in [7, 11) is 0. The fraction of sp³-hybridized carbons (Fsp3) is 0.500. The highest BCUT2D eigenvalue weighted by Gasteiger charge is 2.27. The smallest absolute Gasteiger partial charge is 0.144 e. The first-order valence-electron chi connectivity index (χ1n) is 5.45. The number of halogens is 3. The molecule has 88 valence electrons. The van der Waals surface area contributed by atoms with Gasteiger partial charge in [-0.05, 0) is 53.7 Å². The third-order valence-electron chi connectivity index (χ3n) is 3.07. The monoisotopic (exact) mass is 289 g/mol. The first-order valence-corrected chi connectivity index (χ1v) is 6.24. The van der Waals surface area contributed by atoms with E-state index in [1.54, 1.807) is 0 Å². The number of hydrogen-bond donors (Lipinski definition) is 1.